The molecule has 0 amide bonds. The first-order valence-corrected chi connectivity index (χ1v) is 11.2. The first kappa shape index (κ1) is 24.6. The molecule has 2 aromatic rings. The SMILES string of the molecule is CCOCC(CN(C)c1cc(C#CC(C)(C)C)sc1C(=O)O)c1ccc(Cl)cc1Cl. The summed E-state index contributed by atoms with van der Waals surface area (Å²) in [4.78, 5) is 14.8. The number of nitrogens with zero attached hydrogens (tertiary/aromatic N) is 1. The number of likely N-dealkylation sites (N-methyl/N-ethyl adjacent to an activating group) is 1. The van der Waals surface area contributed by atoms with E-state index in [1.165, 1.54) is 11.3 Å². The number of hydrogen-bond donors (Lipinski definition) is 1. The standard InChI is InChI=1S/C23H27Cl2NO3S/c1-6-29-14-15(18-8-7-16(24)11-19(18)25)13-26(5)20-12-17(9-10-23(2,3)4)30-21(20)22(27)28/h7-8,11-12,15H,6,13-14H2,1-5H3,(H,27,28). The average Bonchev–Trinajstić information content (AvgIpc) is 3.08. The van der Waals surface area contributed by atoms with E-state index in [2.05, 4.69) is 11.8 Å². The summed E-state index contributed by atoms with van der Waals surface area (Å²) in [5.41, 5.74) is 1.39. The summed E-state index contributed by atoms with van der Waals surface area (Å²) in [6.07, 6.45) is 0. The minimum Gasteiger partial charge on any atom is -0.477 e. The van der Waals surface area contributed by atoms with Crippen LogP contribution in [-0.2, 0) is 4.74 Å². The van der Waals surface area contributed by atoms with Gasteiger partial charge in [0.05, 0.1) is 17.2 Å². The number of halogens is 2. The Bertz CT molecular complexity index is 954. The molecule has 0 saturated carbocycles. The predicted molar refractivity (Wildman–Crippen MR) is 127 cm³/mol. The Morgan fingerprint density at radius 2 is 2.00 bits per heavy atom. The summed E-state index contributed by atoms with van der Waals surface area (Å²) in [7, 11) is 1.87. The maximum Gasteiger partial charge on any atom is 0.348 e. The predicted octanol–water partition coefficient (Wildman–Crippen LogP) is 6.41. The molecule has 0 spiro atoms. The van der Waals surface area contributed by atoms with Crippen molar-refractivity contribution in [1.82, 2.24) is 0 Å². The number of thiophene rings is 1. The van der Waals surface area contributed by atoms with Crippen LogP contribution in [0, 0.1) is 17.3 Å². The van der Waals surface area contributed by atoms with Crippen molar-refractivity contribution < 1.29 is 14.6 Å². The van der Waals surface area contributed by atoms with Gasteiger partial charge in [-0.1, -0.05) is 41.1 Å². The fraction of sp³-hybridized carbons (Fsp3) is 0.435. The first-order valence-electron chi connectivity index (χ1n) is 9.66. The molecular weight excluding hydrogens is 441 g/mol. The molecule has 1 N–H and O–H groups in total. The van der Waals surface area contributed by atoms with Gasteiger partial charge in [0.25, 0.3) is 0 Å². The van der Waals surface area contributed by atoms with Crippen LogP contribution >= 0.6 is 34.5 Å². The smallest absolute Gasteiger partial charge is 0.348 e. The molecule has 0 aliphatic carbocycles. The molecule has 0 saturated heterocycles. The number of aromatic carboxylic acids is 1. The maximum absolute atomic E-state index is 11.8. The maximum atomic E-state index is 11.8. The summed E-state index contributed by atoms with van der Waals surface area (Å²) in [5.74, 6) is 5.26. The number of anilines is 1. The van der Waals surface area contributed by atoms with E-state index in [0.717, 1.165) is 10.4 Å². The van der Waals surface area contributed by atoms with Gasteiger partial charge in [0.15, 0.2) is 0 Å². The van der Waals surface area contributed by atoms with Crippen LogP contribution in [0.5, 0.6) is 0 Å². The lowest BCUT2D eigenvalue weighted by molar-refractivity contribution is 0.0702. The van der Waals surface area contributed by atoms with E-state index in [1.807, 2.05) is 51.8 Å². The van der Waals surface area contributed by atoms with Crippen LogP contribution in [-0.4, -0.2) is 37.9 Å². The molecule has 1 aromatic heterocycles. The quantitative estimate of drug-likeness (QED) is 0.455. The number of rotatable bonds is 8. The Labute approximate surface area is 192 Å². The molecule has 162 valence electrons. The van der Waals surface area contributed by atoms with Crippen LogP contribution in [0.25, 0.3) is 0 Å². The van der Waals surface area contributed by atoms with Gasteiger partial charge in [-0.3, -0.25) is 0 Å². The number of carboxylic acid groups (broad SMARTS) is 1. The van der Waals surface area contributed by atoms with E-state index in [-0.39, 0.29) is 16.2 Å². The second-order valence-corrected chi connectivity index (χ2v) is 9.93. The van der Waals surface area contributed by atoms with Crippen molar-refractivity contribution in [3.8, 4) is 11.8 Å². The molecule has 7 heteroatoms. The molecule has 1 atom stereocenters. The van der Waals surface area contributed by atoms with Crippen LogP contribution in [0.4, 0.5) is 5.69 Å². The molecule has 0 fully saturated rings. The molecule has 1 heterocycles. The Balaban J connectivity index is 2.36. The molecular formula is C23H27Cl2NO3S. The van der Waals surface area contributed by atoms with E-state index >= 15 is 0 Å². The molecule has 0 aliphatic rings. The van der Waals surface area contributed by atoms with Crippen molar-refractivity contribution in [3.63, 3.8) is 0 Å². The number of hydrogen-bond acceptors (Lipinski definition) is 4. The van der Waals surface area contributed by atoms with Gasteiger partial charge in [-0.2, -0.15) is 0 Å². The van der Waals surface area contributed by atoms with Gasteiger partial charge < -0.3 is 14.7 Å². The second kappa shape index (κ2) is 10.5. The monoisotopic (exact) mass is 467 g/mol. The molecule has 0 bridgehead atoms. The summed E-state index contributed by atoms with van der Waals surface area (Å²) >= 11 is 13.7. The van der Waals surface area contributed by atoms with Gasteiger partial charge in [0.2, 0.25) is 0 Å². The number of carboxylic acids is 1. The number of carbonyl (C=O) groups is 1. The molecule has 0 radical (unpaired) electrons. The van der Waals surface area contributed by atoms with Gasteiger partial charge >= 0.3 is 5.97 Å². The molecule has 0 aliphatic heterocycles. The second-order valence-electron chi connectivity index (χ2n) is 8.03. The molecule has 4 nitrogen and oxygen atoms in total. The van der Waals surface area contributed by atoms with E-state index in [1.54, 1.807) is 12.1 Å². The highest BCUT2D eigenvalue weighted by Gasteiger charge is 2.23. The Morgan fingerprint density at radius 1 is 1.30 bits per heavy atom. The number of benzene rings is 1. The lowest BCUT2D eigenvalue weighted by atomic mass is 9.98. The highest BCUT2D eigenvalue weighted by atomic mass is 35.5. The largest absolute Gasteiger partial charge is 0.477 e. The topological polar surface area (TPSA) is 49.8 Å². The van der Waals surface area contributed by atoms with Crippen LogP contribution in [0.3, 0.4) is 0 Å². The highest BCUT2D eigenvalue weighted by Crippen LogP contribution is 2.33. The van der Waals surface area contributed by atoms with E-state index in [9.17, 15) is 9.90 Å². The van der Waals surface area contributed by atoms with E-state index in [0.29, 0.717) is 35.5 Å². The van der Waals surface area contributed by atoms with Crippen molar-refractivity contribution in [2.24, 2.45) is 5.41 Å². The molecule has 30 heavy (non-hydrogen) atoms. The van der Waals surface area contributed by atoms with Gasteiger partial charge in [-0.15, -0.1) is 11.3 Å². The lowest BCUT2D eigenvalue weighted by Crippen LogP contribution is -2.28. The highest BCUT2D eigenvalue weighted by molar-refractivity contribution is 7.15. The Hall–Kier alpha value is -1.71. The van der Waals surface area contributed by atoms with Crippen LogP contribution in [0.1, 0.15) is 53.7 Å². The number of ether oxygens (including phenoxy) is 1. The third-order valence-corrected chi connectivity index (χ3v) is 5.89. The summed E-state index contributed by atoms with van der Waals surface area (Å²) < 4.78 is 5.68. The van der Waals surface area contributed by atoms with E-state index in [4.69, 9.17) is 27.9 Å². The van der Waals surface area contributed by atoms with Crippen molar-refractivity contribution in [3.05, 3.63) is 49.6 Å². The summed E-state index contributed by atoms with van der Waals surface area (Å²) in [6.45, 7) is 9.57. The minimum atomic E-state index is -0.962. The van der Waals surface area contributed by atoms with Gasteiger partial charge in [0.1, 0.15) is 4.88 Å². The summed E-state index contributed by atoms with van der Waals surface area (Å²) in [5, 5.41) is 10.8. The zero-order chi connectivity index (χ0) is 22.5. The van der Waals surface area contributed by atoms with Crippen molar-refractivity contribution in [2.45, 2.75) is 33.6 Å². The molecule has 1 unspecified atom stereocenters. The molecule has 1 aromatic carbocycles. The fourth-order valence-corrected chi connectivity index (χ4v) is 4.35. The van der Waals surface area contributed by atoms with Crippen LogP contribution in [0.2, 0.25) is 10.0 Å². The minimum absolute atomic E-state index is 0.0506. The fourth-order valence-electron chi connectivity index (χ4n) is 2.89. The third-order valence-electron chi connectivity index (χ3n) is 4.30. The lowest BCUT2D eigenvalue weighted by Gasteiger charge is -2.26. The zero-order valence-corrected chi connectivity index (χ0v) is 20.2. The first-order chi connectivity index (χ1) is 14.0. The van der Waals surface area contributed by atoms with Crippen molar-refractivity contribution in [1.29, 1.82) is 0 Å². The van der Waals surface area contributed by atoms with Crippen LogP contribution < -0.4 is 4.90 Å². The zero-order valence-electron chi connectivity index (χ0n) is 17.9. The van der Waals surface area contributed by atoms with Crippen molar-refractivity contribution in [2.75, 3.05) is 31.7 Å². The van der Waals surface area contributed by atoms with Crippen molar-refractivity contribution >= 4 is 46.2 Å². The average molecular weight is 468 g/mol. The third kappa shape index (κ3) is 6.92. The van der Waals surface area contributed by atoms with Gasteiger partial charge in [-0.05, 0) is 51.5 Å². The Kier molecular flexibility index (Phi) is 8.63. The normalized spacial score (nSPS) is 12.2. The van der Waals surface area contributed by atoms with Crippen LogP contribution in [0.15, 0.2) is 24.3 Å². The molecule has 2 rings (SSSR count). The van der Waals surface area contributed by atoms with Gasteiger partial charge in [-0.25, -0.2) is 4.79 Å². The van der Waals surface area contributed by atoms with E-state index < -0.39 is 5.97 Å². The Morgan fingerprint density at radius 3 is 2.57 bits per heavy atom. The van der Waals surface area contributed by atoms with Gasteiger partial charge in [0, 0.05) is 41.6 Å². The summed E-state index contributed by atoms with van der Waals surface area (Å²) in [6, 6.07) is 7.25.